The molecule has 4 rings (SSSR count). The Morgan fingerprint density at radius 1 is 1.06 bits per heavy atom. The molecular weight excluding hydrogens is 440 g/mol. The summed E-state index contributed by atoms with van der Waals surface area (Å²) in [7, 11) is -3.45. The molecule has 0 saturated carbocycles. The van der Waals surface area contributed by atoms with Crippen molar-refractivity contribution in [2.45, 2.75) is 13.8 Å². The number of rotatable bonds is 7. The summed E-state index contributed by atoms with van der Waals surface area (Å²) in [4.78, 5) is 13.1. The van der Waals surface area contributed by atoms with E-state index in [1.807, 2.05) is 62.4 Å². The fourth-order valence-electron chi connectivity index (χ4n) is 3.70. The van der Waals surface area contributed by atoms with Gasteiger partial charge in [0.2, 0.25) is 10.0 Å². The Bertz CT molecular complexity index is 1230. The third-order valence-corrected chi connectivity index (χ3v) is 7.64. The molecule has 3 aromatic rings. The fraction of sp³-hybridized carbons (Fsp3) is 0.333. The third kappa shape index (κ3) is 5.32. The van der Waals surface area contributed by atoms with E-state index < -0.39 is 10.0 Å². The molecule has 33 heavy (non-hydrogen) atoms. The van der Waals surface area contributed by atoms with Crippen molar-refractivity contribution in [3.8, 4) is 16.9 Å². The minimum atomic E-state index is -3.45. The molecule has 8 nitrogen and oxygen atoms in total. The summed E-state index contributed by atoms with van der Waals surface area (Å²) in [6.07, 6.45) is 1.69. The zero-order valence-corrected chi connectivity index (χ0v) is 19.6. The summed E-state index contributed by atoms with van der Waals surface area (Å²) in [6.45, 7) is 5.54. The van der Waals surface area contributed by atoms with E-state index in [0.29, 0.717) is 37.6 Å². The number of amides is 1. The van der Waals surface area contributed by atoms with E-state index in [1.165, 1.54) is 4.31 Å². The van der Waals surface area contributed by atoms with E-state index in [0.717, 1.165) is 22.4 Å². The molecule has 0 spiro atoms. The van der Waals surface area contributed by atoms with Crippen LogP contribution in [-0.4, -0.2) is 67.0 Å². The zero-order chi connectivity index (χ0) is 23.4. The number of hydrogen-bond acceptors (Lipinski definition) is 5. The normalized spacial score (nSPS) is 14.8. The Balaban J connectivity index is 1.56. The lowest BCUT2D eigenvalue weighted by Gasteiger charge is -2.26. The minimum Gasteiger partial charge on any atom is -0.379 e. The van der Waals surface area contributed by atoms with Crippen LogP contribution in [0.5, 0.6) is 0 Å². The number of carbonyl (C=O) groups is 1. The molecule has 174 valence electrons. The number of nitrogens with one attached hydrogen (secondary N) is 1. The SMILES string of the molecule is Cc1ccc(-c2nn(-c3ccccc3)cc2C(=O)NCCS(=O)(=O)N2CCOCC2)cc1C. The topological polar surface area (TPSA) is 93.5 Å². The van der Waals surface area contributed by atoms with Gasteiger partial charge in [-0.05, 0) is 43.2 Å². The molecule has 0 bridgehead atoms. The Labute approximate surface area is 194 Å². The number of morpholine rings is 1. The van der Waals surface area contributed by atoms with Crippen LogP contribution < -0.4 is 5.32 Å². The molecule has 1 N–H and O–H groups in total. The highest BCUT2D eigenvalue weighted by atomic mass is 32.2. The second-order valence-corrected chi connectivity index (χ2v) is 10.1. The highest BCUT2D eigenvalue weighted by Crippen LogP contribution is 2.26. The Morgan fingerprint density at radius 3 is 2.48 bits per heavy atom. The summed E-state index contributed by atoms with van der Waals surface area (Å²) < 4.78 is 33.4. The van der Waals surface area contributed by atoms with Crippen molar-refractivity contribution in [3.63, 3.8) is 0 Å². The Morgan fingerprint density at radius 2 is 1.79 bits per heavy atom. The number of para-hydroxylation sites is 1. The predicted octanol–water partition coefficient (Wildman–Crippen LogP) is 2.55. The van der Waals surface area contributed by atoms with Gasteiger partial charge in [0.1, 0.15) is 5.69 Å². The van der Waals surface area contributed by atoms with Gasteiger partial charge in [-0.25, -0.2) is 13.1 Å². The number of aryl methyl sites for hydroxylation is 2. The van der Waals surface area contributed by atoms with E-state index in [4.69, 9.17) is 4.74 Å². The highest BCUT2D eigenvalue weighted by molar-refractivity contribution is 7.89. The van der Waals surface area contributed by atoms with Gasteiger partial charge in [0.25, 0.3) is 5.91 Å². The van der Waals surface area contributed by atoms with Crippen LogP contribution in [0.3, 0.4) is 0 Å². The number of nitrogens with zero attached hydrogens (tertiary/aromatic N) is 3. The number of sulfonamides is 1. The number of benzene rings is 2. The van der Waals surface area contributed by atoms with E-state index in [-0.39, 0.29) is 18.2 Å². The first-order valence-corrected chi connectivity index (χ1v) is 12.5. The molecule has 1 amide bonds. The molecule has 0 unspecified atom stereocenters. The van der Waals surface area contributed by atoms with E-state index in [2.05, 4.69) is 10.4 Å². The van der Waals surface area contributed by atoms with Gasteiger partial charge in [-0.1, -0.05) is 30.3 Å². The average Bonchev–Trinajstić information content (AvgIpc) is 3.27. The largest absolute Gasteiger partial charge is 0.379 e. The summed E-state index contributed by atoms with van der Waals surface area (Å²) in [6, 6.07) is 15.5. The third-order valence-electron chi connectivity index (χ3n) is 5.77. The second-order valence-electron chi connectivity index (χ2n) is 8.05. The molecular formula is C24H28N4O4S. The van der Waals surface area contributed by atoms with Gasteiger partial charge in [-0.3, -0.25) is 4.79 Å². The molecule has 1 fully saturated rings. The molecule has 0 aliphatic carbocycles. The average molecular weight is 469 g/mol. The van der Waals surface area contributed by atoms with Crippen molar-refractivity contribution in [2.75, 3.05) is 38.6 Å². The zero-order valence-electron chi connectivity index (χ0n) is 18.8. The monoisotopic (exact) mass is 468 g/mol. The van der Waals surface area contributed by atoms with Crippen LogP contribution in [0.25, 0.3) is 16.9 Å². The van der Waals surface area contributed by atoms with Crippen LogP contribution in [0.1, 0.15) is 21.5 Å². The maximum Gasteiger partial charge on any atom is 0.255 e. The molecule has 0 radical (unpaired) electrons. The molecule has 2 heterocycles. The Kier molecular flexibility index (Phi) is 6.92. The van der Waals surface area contributed by atoms with E-state index in [1.54, 1.807) is 10.9 Å². The van der Waals surface area contributed by atoms with E-state index >= 15 is 0 Å². The van der Waals surface area contributed by atoms with Crippen molar-refractivity contribution in [1.82, 2.24) is 19.4 Å². The first-order valence-electron chi connectivity index (χ1n) is 10.9. The van der Waals surface area contributed by atoms with Crippen molar-refractivity contribution in [3.05, 3.63) is 71.4 Å². The van der Waals surface area contributed by atoms with Crippen molar-refractivity contribution in [1.29, 1.82) is 0 Å². The van der Waals surface area contributed by atoms with Crippen LogP contribution in [-0.2, 0) is 14.8 Å². The second kappa shape index (κ2) is 9.86. The molecule has 2 aromatic carbocycles. The molecule has 0 atom stereocenters. The molecule has 9 heteroatoms. The minimum absolute atomic E-state index is 0.0153. The highest BCUT2D eigenvalue weighted by Gasteiger charge is 2.25. The summed E-state index contributed by atoms with van der Waals surface area (Å²) >= 11 is 0. The lowest BCUT2D eigenvalue weighted by Crippen LogP contribution is -2.43. The van der Waals surface area contributed by atoms with Gasteiger partial charge >= 0.3 is 0 Å². The maximum absolute atomic E-state index is 13.1. The van der Waals surface area contributed by atoms with Gasteiger partial charge in [0.05, 0.1) is 30.2 Å². The van der Waals surface area contributed by atoms with Crippen LogP contribution in [0.15, 0.2) is 54.7 Å². The van der Waals surface area contributed by atoms with Crippen LogP contribution >= 0.6 is 0 Å². The maximum atomic E-state index is 13.1. The standard InChI is InChI=1S/C24H28N4O4S/c1-18-8-9-20(16-19(18)2)23-22(17-28(26-23)21-6-4-3-5-7-21)24(29)25-10-15-33(30,31)27-11-13-32-14-12-27/h3-9,16-17H,10-15H2,1-2H3,(H,25,29). The van der Waals surface area contributed by atoms with Crippen LogP contribution in [0, 0.1) is 13.8 Å². The van der Waals surface area contributed by atoms with Crippen molar-refractivity contribution < 1.29 is 17.9 Å². The van der Waals surface area contributed by atoms with Crippen LogP contribution in [0.2, 0.25) is 0 Å². The smallest absolute Gasteiger partial charge is 0.255 e. The number of ether oxygens (including phenoxy) is 1. The number of aromatic nitrogens is 2. The van der Waals surface area contributed by atoms with Gasteiger partial charge < -0.3 is 10.1 Å². The van der Waals surface area contributed by atoms with Gasteiger partial charge in [-0.15, -0.1) is 0 Å². The summed E-state index contributed by atoms with van der Waals surface area (Å²) in [5.41, 5.74) is 4.86. The molecule has 1 aromatic heterocycles. The predicted molar refractivity (Wildman–Crippen MR) is 127 cm³/mol. The number of hydrogen-bond donors (Lipinski definition) is 1. The van der Waals surface area contributed by atoms with E-state index in [9.17, 15) is 13.2 Å². The number of carbonyl (C=O) groups excluding carboxylic acids is 1. The van der Waals surface area contributed by atoms with Crippen LogP contribution in [0.4, 0.5) is 0 Å². The summed E-state index contributed by atoms with van der Waals surface area (Å²) in [5, 5.41) is 7.45. The van der Waals surface area contributed by atoms with Gasteiger partial charge in [0.15, 0.2) is 0 Å². The molecule has 1 aliphatic rings. The quantitative estimate of drug-likeness (QED) is 0.575. The molecule has 1 saturated heterocycles. The van der Waals surface area contributed by atoms with Crippen molar-refractivity contribution in [2.24, 2.45) is 0 Å². The lowest BCUT2D eigenvalue weighted by atomic mass is 10.0. The van der Waals surface area contributed by atoms with Crippen molar-refractivity contribution >= 4 is 15.9 Å². The van der Waals surface area contributed by atoms with Gasteiger partial charge in [-0.2, -0.15) is 9.40 Å². The lowest BCUT2D eigenvalue weighted by molar-refractivity contribution is 0.0730. The Hall–Kier alpha value is -3.01. The first-order chi connectivity index (χ1) is 15.8. The van der Waals surface area contributed by atoms with Gasteiger partial charge in [0, 0.05) is 31.4 Å². The first kappa shape index (κ1) is 23.2. The molecule has 1 aliphatic heterocycles. The fourth-order valence-corrected chi connectivity index (χ4v) is 5.02. The summed E-state index contributed by atoms with van der Waals surface area (Å²) in [5.74, 6) is -0.521.